The van der Waals surface area contributed by atoms with Crippen LogP contribution in [-0.4, -0.2) is 48.7 Å². The van der Waals surface area contributed by atoms with Crippen LogP contribution < -0.4 is 10.6 Å². The lowest BCUT2D eigenvalue weighted by molar-refractivity contribution is -0.126. The number of fused-ring (bicyclic) bond motifs is 2. The lowest BCUT2D eigenvalue weighted by Crippen LogP contribution is -2.47. The summed E-state index contributed by atoms with van der Waals surface area (Å²) in [6, 6.07) is 7.10. The van der Waals surface area contributed by atoms with Gasteiger partial charge in [0.25, 0.3) is 0 Å². The summed E-state index contributed by atoms with van der Waals surface area (Å²) in [4.78, 5) is 40.6. The highest BCUT2D eigenvalue weighted by molar-refractivity contribution is 6.19. The molecule has 3 aliphatic rings. The van der Waals surface area contributed by atoms with Crippen LogP contribution in [0.4, 0.5) is 5.69 Å². The van der Waals surface area contributed by atoms with Crippen LogP contribution >= 0.6 is 0 Å². The van der Waals surface area contributed by atoms with Crippen LogP contribution in [0.15, 0.2) is 24.3 Å². The van der Waals surface area contributed by atoms with Gasteiger partial charge in [0.05, 0.1) is 22.9 Å². The highest BCUT2D eigenvalue weighted by atomic mass is 16.2. The standard InChI is InChI=1S/C19H23N3O3/c1-19-14(17(24)20-11-6-5-9-22(2)10-11)15(19)18(25)21-13-8-4-3-7-12(13)16(19)23/h3-4,7-8,11,14-15H,5-6,9-10H2,1-2H3,(H,20,24)(H,21,25)/t11-,14-,15+,19+/m0/s1. The van der Waals surface area contributed by atoms with Gasteiger partial charge in [-0.25, -0.2) is 0 Å². The van der Waals surface area contributed by atoms with Gasteiger partial charge in [0.1, 0.15) is 0 Å². The maximum Gasteiger partial charge on any atom is 0.229 e. The number of nitrogens with zero attached hydrogens (tertiary/aromatic N) is 1. The average molecular weight is 341 g/mol. The third-order valence-electron chi connectivity index (χ3n) is 5.97. The Hall–Kier alpha value is -2.21. The van der Waals surface area contributed by atoms with Gasteiger partial charge < -0.3 is 15.5 Å². The molecule has 0 radical (unpaired) electrons. The summed E-state index contributed by atoms with van der Waals surface area (Å²) >= 11 is 0. The van der Waals surface area contributed by atoms with Crippen LogP contribution in [0.2, 0.25) is 0 Å². The highest BCUT2D eigenvalue weighted by Gasteiger charge is 2.73. The molecule has 132 valence electrons. The maximum absolute atomic E-state index is 13.0. The smallest absolute Gasteiger partial charge is 0.229 e. The molecule has 2 aliphatic heterocycles. The molecule has 2 N–H and O–H groups in total. The number of carbonyl (C=O) groups excluding carboxylic acids is 3. The minimum absolute atomic E-state index is 0.0881. The Labute approximate surface area is 147 Å². The van der Waals surface area contributed by atoms with Crippen molar-refractivity contribution in [2.75, 3.05) is 25.5 Å². The van der Waals surface area contributed by atoms with Crippen LogP contribution in [0.25, 0.3) is 0 Å². The third-order valence-corrected chi connectivity index (χ3v) is 5.97. The number of hydrogen-bond donors (Lipinski definition) is 2. The van der Waals surface area contributed by atoms with E-state index in [1.807, 2.05) is 7.05 Å². The molecule has 4 atom stereocenters. The molecule has 1 saturated heterocycles. The Kier molecular flexibility index (Phi) is 3.68. The number of carbonyl (C=O) groups is 3. The Morgan fingerprint density at radius 3 is 2.84 bits per heavy atom. The first kappa shape index (κ1) is 16.3. The first-order chi connectivity index (χ1) is 11.9. The molecule has 1 aromatic rings. The number of rotatable bonds is 2. The molecule has 4 rings (SSSR count). The molecule has 0 spiro atoms. The summed E-state index contributed by atoms with van der Waals surface area (Å²) in [6.45, 7) is 3.59. The van der Waals surface area contributed by atoms with Crippen LogP contribution in [0.1, 0.15) is 30.1 Å². The molecule has 0 aromatic heterocycles. The number of Topliss-reactive ketones (excluding diaryl/α,β-unsaturated/α-hetero) is 1. The second kappa shape index (κ2) is 5.66. The van der Waals surface area contributed by atoms with Gasteiger partial charge in [0, 0.05) is 18.2 Å². The molecule has 0 unspecified atom stereocenters. The van der Waals surface area contributed by atoms with Crippen molar-refractivity contribution in [3.63, 3.8) is 0 Å². The molecule has 25 heavy (non-hydrogen) atoms. The average Bonchev–Trinajstić information content (AvgIpc) is 3.23. The van der Waals surface area contributed by atoms with Crippen LogP contribution in [0.5, 0.6) is 0 Å². The van der Waals surface area contributed by atoms with Gasteiger partial charge in [0.15, 0.2) is 5.78 Å². The van der Waals surface area contributed by atoms with Crippen molar-refractivity contribution in [2.45, 2.75) is 25.8 Å². The van der Waals surface area contributed by atoms with E-state index in [0.29, 0.717) is 11.3 Å². The van der Waals surface area contributed by atoms with Crippen molar-refractivity contribution in [2.24, 2.45) is 17.3 Å². The first-order valence-corrected chi connectivity index (χ1v) is 8.86. The van der Waals surface area contributed by atoms with Gasteiger partial charge in [-0.1, -0.05) is 19.1 Å². The summed E-state index contributed by atoms with van der Waals surface area (Å²) < 4.78 is 0. The Morgan fingerprint density at radius 1 is 1.32 bits per heavy atom. The van der Waals surface area contributed by atoms with E-state index in [0.717, 1.165) is 25.9 Å². The third kappa shape index (κ3) is 2.47. The number of benzene rings is 1. The number of para-hydroxylation sites is 1. The number of anilines is 1. The van der Waals surface area contributed by atoms with Crippen molar-refractivity contribution in [3.05, 3.63) is 29.8 Å². The molecule has 1 aromatic carbocycles. The number of piperidine rings is 1. The Balaban J connectivity index is 1.56. The second-order valence-electron chi connectivity index (χ2n) is 7.71. The van der Waals surface area contributed by atoms with Crippen LogP contribution in [0, 0.1) is 17.3 Å². The summed E-state index contributed by atoms with van der Waals surface area (Å²) in [5.74, 6) is -1.70. The number of nitrogens with one attached hydrogen (secondary N) is 2. The second-order valence-corrected chi connectivity index (χ2v) is 7.71. The number of amides is 2. The van der Waals surface area contributed by atoms with E-state index in [1.165, 1.54) is 0 Å². The summed E-state index contributed by atoms with van der Waals surface area (Å²) in [5.41, 5.74) is 0.0916. The molecule has 1 aliphatic carbocycles. The van der Waals surface area contributed by atoms with E-state index >= 15 is 0 Å². The van der Waals surface area contributed by atoms with Crippen molar-refractivity contribution in [1.29, 1.82) is 0 Å². The first-order valence-electron chi connectivity index (χ1n) is 8.86. The number of likely N-dealkylation sites (N-methyl/N-ethyl adjacent to an activating group) is 1. The summed E-state index contributed by atoms with van der Waals surface area (Å²) in [5, 5.41) is 5.88. The van der Waals surface area contributed by atoms with Crippen LogP contribution in [-0.2, 0) is 9.59 Å². The molecule has 6 nitrogen and oxygen atoms in total. The lowest BCUT2D eigenvalue weighted by Gasteiger charge is -2.30. The fraction of sp³-hybridized carbons (Fsp3) is 0.526. The Bertz CT molecular complexity index is 762. The molecule has 1 saturated carbocycles. The van der Waals surface area contributed by atoms with Gasteiger partial charge in [-0.2, -0.15) is 0 Å². The van der Waals surface area contributed by atoms with E-state index in [-0.39, 0.29) is 23.6 Å². The number of likely N-dealkylation sites (tertiary alicyclic amines) is 1. The zero-order valence-electron chi connectivity index (χ0n) is 14.5. The minimum Gasteiger partial charge on any atom is -0.352 e. The largest absolute Gasteiger partial charge is 0.352 e. The lowest BCUT2D eigenvalue weighted by atomic mass is 9.92. The number of hydrogen-bond acceptors (Lipinski definition) is 4. The van der Waals surface area contributed by atoms with Gasteiger partial charge in [-0.05, 0) is 38.6 Å². The van der Waals surface area contributed by atoms with E-state index in [1.54, 1.807) is 31.2 Å². The molecular weight excluding hydrogens is 318 g/mol. The van der Waals surface area contributed by atoms with Crippen LogP contribution in [0.3, 0.4) is 0 Å². The normalized spacial score (nSPS) is 34.4. The van der Waals surface area contributed by atoms with E-state index in [4.69, 9.17) is 0 Å². The fourth-order valence-electron chi connectivity index (χ4n) is 4.51. The molecule has 2 amide bonds. The quantitative estimate of drug-likeness (QED) is 0.849. The molecular formula is C19H23N3O3. The SMILES string of the molecule is CN1CCC[C@H](NC(=O)[C@@H]2[C@@H]3C(=O)Nc4ccccc4C(=O)[C@]23C)C1. The zero-order chi connectivity index (χ0) is 17.8. The highest BCUT2D eigenvalue weighted by Crippen LogP contribution is 2.62. The summed E-state index contributed by atoms with van der Waals surface area (Å²) in [7, 11) is 2.04. The van der Waals surface area contributed by atoms with Crippen molar-refractivity contribution < 1.29 is 14.4 Å². The van der Waals surface area contributed by atoms with Gasteiger partial charge in [-0.15, -0.1) is 0 Å². The summed E-state index contributed by atoms with van der Waals surface area (Å²) in [6.07, 6.45) is 1.98. The van der Waals surface area contributed by atoms with Crippen molar-refractivity contribution in [3.8, 4) is 0 Å². The molecule has 2 fully saturated rings. The van der Waals surface area contributed by atoms with Crippen molar-refractivity contribution in [1.82, 2.24) is 10.2 Å². The fourth-order valence-corrected chi connectivity index (χ4v) is 4.51. The van der Waals surface area contributed by atoms with E-state index in [2.05, 4.69) is 15.5 Å². The van der Waals surface area contributed by atoms with Gasteiger partial charge in [0.2, 0.25) is 11.8 Å². The van der Waals surface area contributed by atoms with Crippen molar-refractivity contribution >= 4 is 23.3 Å². The monoisotopic (exact) mass is 341 g/mol. The molecule has 2 heterocycles. The van der Waals surface area contributed by atoms with Gasteiger partial charge in [-0.3, -0.25) is 14.4 Å². The predicted molar refractivity (Wildman–Crippen MR) is 93.2 cm³/mol. The zero-order valence-corrected chi connectivity index (χ0v) is 14.5. The van der Waals surface area contributed by atoms with Gasteiger partial charge >= 0.3 is 0 Å². The van der Waals surface area contributed by atoms with E-state index in [9.17, 15) is 14.4 Å². The molecule has 6 heteroatoms. The van der Waals surface area contributed by atoms with E-state index < -0.39 is 17.3 Å². The molecule has 0 bridgehead atoms. The minimum atomic E-state index is -0.943. The number of ketones is 1. The Morgan fingerprint density at radius 2 is 2.08 bits per heavy atom. The topological polar surface area (TPSA) is 78.5 Å². The predicted octanol–water partition coefficient (Wildman–Crippen LogP) is 1.28. The maximum atomic E-state index is 13.0.